The first-order valence-corrected chi connectivity index (χ1v) is 6.68. The average Bonchev–Trinajstić information content (AvgIpc) is 2.82. The van der Waals surface area contributed by atoms with Gasteiger partial charge in [-0.3, -0.25) is 0 Å². The molecule has 0 bridgehead atoms. The molecule has 1 aromatic rings. The Labute approximate surface area is 105 Å². The number of rotatable bonds is 4. The molecule has 1 aliphatic rings. The molecule has 2 rings (SSSR count). The van der Waals surface area contributed by atoms with Gasteiger partial charge in [-0.25, -0.2) is 0 Å². The van der Waals surface area contributed by atoms with Gasteiger partial charge in [0.1, 0.15) is 0 Å². The van der Waals surface area contributed by atoms with Crippen LogP contribution in [0.1, 0.15) is 35.1 Å². The van der Waals surface area contributed by atoms with Crippen LogP contribution in [0.3, 0.4) is 0 Å². The summed E-state index contributed by atoms with van der Waals surface area (Å²) in [5, 5.41) is 7.08. The van der Waals surface area contributed by atoms with Gasteiger partial charge in [0.15, 0.2) is 0 Å². The molecule has 0 aliphatic carbocycles. The minimum absolute atomic E-state index is 0.682. The van der Waals surface area contributed by atoms with Crippen molar-refractivity contribution in [3.63, 3.8) is 0 Å². The summed E-state index contributed by atoms with van der Waals surface area (Å²) >= 11 is 0. The number of hydrogen-bond acceptors (Lipinski definition) is 2. The van der Waals surface area contributed by atoms with Crippen LogP contribution in [0.2, 0.25) is 0 Å². The normalized spacial score (nSPS) is 19.8. The zero-order valence-corrected chi connectivity index (χ0v) is 11.3. The Kier molecular flexibility index (Phi) is 4.19. The Morgan fingerprint density at radius 1 is 1.24 bits per heavy atom. The van der Waals surface area contributed by atoms with E-state index < -0.39 is 0 Å². The van der Waals surface area contributed by atoms with E-state index in [0.717, 1.165) is 13.1 Å². The van der Waals surface area contributed by atoms with Crippen molar-refractivity contribution >= 4 is 0 Å². The molecule has 2 nitrogen and oxygen atoms in total. The van der Waals surface area contributed by atoms with Crippen molar-refractivity contribution in [2.75, 3.05) is 13.1 Å². The molecule has 2 heteroatoms. The van der Waals surface area contributed by atoms with Crippen molar-refractivity contribution in [2.45, 2.75) is 46.2 Å². The van der Waals surface area contributed by atoms with Crippen LogP contribution in [0, 0.1) is 20.8 Å². The zero-order valence-electron chi connectivity index (χ0n) is 11.3. The Morgan fingerprint density at radius 2 is 2.06 bits per heavy atom. The van der Waals surface area contributed by atoms with Crippen molar-refractivity contribution in [1.82, 2.24) is 10.6 Å². The van der Waals surface area contributed by atoms with Crippen LogP contribution in [0.15, 0.2) is 12.1 Å². The van der Waals surface area contributed by atoms with Gasteiger partial charge in [-0.05, 0) is 62.4 Å². The minimum atomic E-state index is 0.682. The van der Waals surface area contributed by atoms with Crippen molar-refractivity contribution in [1.29, 1.82) is 0 Å². The van der Waals surface area contributed by atoms with E-state index in [1.165, 1.54) is 41.6 Å². The van der Waals surface area contributed by atoms with Crippen LogP contribution in [0.4, 0.5) is 0 Å². The van der Waals surface area contributed by atoms with Gasteiger partial charge in [0.05, 0.1) is 0 Å². The molecule has 1 saturated heterocycles. The summed E-state index contributed by atoms with van der Waals surface area (Å²) in [6.45, 7) is 9.90. The molecule has 1 heterocycles. The molecule has 1 fully saturated rings. The average molecular weight is 232 g/mol. The first kappa shape index (κ1) is 12.6. The molecular weight excluding hydrogens is 208 g/mol. The Hall–Kier alpha value is -0.860. The lowest BCUT2D eigenvalue weighted by molar-refractivity contribution is 0.535. The van der Waals surface area contributed by atoms with Gasteiger partial charge < -0.3 is 10.6 Å². The zero-order chi connectivity index (χ0) is 12.3. The summed E-state index contributed by atoms with van der Waals surface area (Å²) in [5.74, 6) is 0. The maximum absolute atomic E-state index is 3.57. The van der Waals surface area contributed by atoms with Crippen molar-refractivity contribution < 1.29 is 0 Å². The van der Waals surface area contributed by atoms with Crippen molar-refractivity contribution in [3.8, 4) is 0 Å². The second-order valence-electron chi connectivity index (χ2n) is 5.22. The highest BCUT2D eigenvalue weighted by atomic mass is 15.0. The van der Waals surface area contributed by atoms with Gasteiger partial charge in [-0.2, -0.15) is 0 Å². The summed E-state index contributed by atoms with van der Waals surface area (Å²) in [5.41, 5.74) is 5.70. The van der Waals surface area contributed by atoms with E-state index in [9.17, 15) is 0 Å². The number of hydrogen-bond donors (Lipinski definition) is 2. The van der Waals surface area contributed by atoms with Crippen LogP contribution in [0.5, 0.6) is 0 Å². The highest BCUT2D eigenvalue weighted by molar-refractivity contribution is 5.38. The van der Waals surface area contributed by atoms with Crippen LogP contribution in [-0.4, -0.2) is 19.1 Å². The highest BCUT2D eigenvalue weighted by Crippen LogP contribution is 2.16. The van der Waals surface area contributed by atoms with Crippen LogP contribution >= 0.6 is 0 Å². The summed E-state index contributed by atoms with van der Waals surface area (Å²) < 4.78 is 0. The van der Waals surface area contributed by atoms with E-state index in [1.54, 1.807) is 0 Å². The van der Waals surface area contributed by atoms with Crippen molar-refractivity contribution in [2.24, 2.45) is 0 Å². The fourth-order valence-corrected chi connectivity index (χ4v) is 2.52. The highest BCUT2D eigenvalue weighted by Gasteiger charge is 2.13. The fraction of sp³-hybridized carbons (Fsp3) is 0.600. The monoisotopic (exact) mass is 232 g/mol. The Bertz CT molecular complexity index is 379. The first-order valence-electron chi connectivity index (χ1n) is 6.68. The summed E-state index contributed by atoms with van der Waals surface area (Å²) in [6.07, 6.45) is 2.65. The van der Waals surface area contributed by atoms with E-state index in [2.05, 4.69) is 43.5 Å². The molecular formula is C15H24N2. The third kappa shape index (κ3) is 3.08. The van der Waals surface area contributed by atoms with Gasteiger partial charge >= 0.3 is 0 Å². The molecule has 1 atom stereocenters. The number of nitrogens with one attached hydrogen (secondary N) is 2. The molecule has 94 valence electrons. The van der Waals surface area contributed by atoms with Gasteiger partial charge in [0, 0.05) is 19.1 Å². The van der Waals surface area contributed by atoms with E-state index in [4.69, 9.17) is 0 Å². The first-order chi connectivity index (χ1) is 8.18. The second-order valence-corrected chi connectivity index (χ2v) is 5.22. The minimum Gasteiger partial charge on any atom is -0.313 e. The van der Waals surface area contributed by atoms with E-state index in [0.29, 0.717) is 6.04 Å². The smallest absolute Gasteiger partial charge is 0.0208 e. The maximum Gasteiger partial charge on any atom is 0.0208 e. The van der Waals surface area contributed by atoms with Crippen LogP contribution in [0.25, 0.3) is 0 Å². The van der Waals surface area contributed by atoms with E-state index in [1.807, 2.05) is 0 Å². The molecule has 0 amide bonds. The van der Waals surface area contributed by atoms with Crippen molar-refractivity contribution in [3.05, 3.63) is 34.4 Å². The summed E-state index contributed by atoms with van der Waals surface area (Å²) in [6, 6.07) is 5.17. The molecule has 2 N–H and O–H groups in total. The second kappa shape index (κ2) is 5.65. The third-order valence-corrected chi connectivity index (χ3v) is 4.04. The predicted molar refractivity (Wildman–Crippen MR) is 73.4 cm³/mol. The van der Waals surface area contributed by atoms with Gasteiger partial charge in [0.25, 0.3) is 0 Å². The van der Waals surface area contributed by atoms with Gasteiger partial charge in [0.2, 0.25) is 0 Å². The molecule has 0 spiro atoms. The molecule has 0 saturated carbocycles. The van der Waals surface area contributed by atoms with Gasteiger partial charge in [-0.15, -0.1) is 0 Å². The number of aryl methyl sites for hydroxylation is 1. The third-order valence-electron chi connectivity index (χ3n) is 4.04. The van der Waals surface area contributed by atoms with Crippen LogP contribution in [-0.2, 0) is 6.54 Å². The SMILES string of the molecule is Cc1ccc(CNCC2CCCN2)c(C)c1C. The lowest BCUT2D eigenvalue weighted by Crippen LogP contribution is -2.33. The molecule has 0 radical (unpaired) electrons. The number of benzene rings is 1. The summed E-state index contributed by atoms with van der Waals surface area (Å²) in [7, 11) is 0. The lowest BCUT2D eigenvalue weighted by Gasteiger charge is -2.14. The topological polar surface area (TPSA) is 24.1 Å². The Balaban J connectivity index is 1.88. The molecule has 0 aromatic heterocycles. The standard InChI is InChI=1S/C15H24N2/c1-11-6-7-14(13(3)12(11)2)9-16-10-15-5-4-8-17-15/h6-7,15-17H,4-5,8-10H2,1-3H3. The lowest BCUT2D eigenvalue weighted by atomic mass is 9.99. The molecule has 1 unspecified atom stereocenters. The quantitative estimate of drug-likeness (QED) is 0.833. The molecule has 1 aromatic carbocycles. The largest absolute Gasteiger partial charge is 0.313 e. The van der Waals surface area contributed by atoms with Gasteiger partial charge in [-0.1, -0.05) is 12.1 Å². The predicted octanol–water partition coefficient (Wildman–Crippen LogP) is 2.45. The maximum atomic E-state index is 3.57. The fourth-order valence-electron chi connectivity index (χ4n) is 2.52. The van der Waals surface area contributed by atoms with Crippen LogP contribution < -0.4 is 10.6 Å². The van der Waals surface area contributed by atoms with E-state index >= 15 is 0 Å². The summed E-state index contributed by atoms with van der Waals surface area (Å²) in [4.78, 5) is 0. The van der Waals surface area contributed by atoms with E-state index in [-0.39, 0.29) is 0 Å². The Morgan fingerprint density at radius 3 is 2.76 bits per heavy atom. The molecule has 1 aliphatic heterocycles. The molecule has 17 heavy (non-hydrogen) atoms.